The van der Waals surface area contributed by atoms with E-state index < -0.39 is 8.80 Å². The van der Waals surface area contributed by atoms with E-state index in [1.807, 2.05) is 6.55 Å². The molecule has 15 heavy (non-hydrogen) atoms. The second-order valence-electron chi connectivity index (χ2n) is 3.59. The lowest BCUT2D eigenvalue weighted by molar-refractivity contribution is 0.0991. The van der Waals surface area contributed by atoms with E-state index in [1.54, 1.807) is 14.2 Å². The Bertz CT molecular complexity index is 156. The van der Waals surface area contributed by atoms with Gasteiger partial charge < -0.3 is 24.7 Å². The van der Waals surface area contributed by atoms with Crippen LogP contribution >= 0.6 is 0 Å². The summed E-state index contributed by atoms with van der Waals surface area (Å²) in [6.07, 6.45) is 1.85. The molecule has 0 heterocycles. The van der Waals surface area contributed by atoms with Gasteiger partial charge in [-0.05, 0) is 31.8 Å². The van der Waals surface area contributed by atoms with E-state index in [1.165, 1.54) is 0 Å². The fourth-order valence-electron chi connectivity index (χ4n) is 1.23. The Morgan fingerprint density at radius 3 is 2.13 bits per heavy atom. The fraction of sp³-hybridized carbons (Fsp3) is 1.00. The normalized spacial score (nSPS) is 14.2. The first-order valence-corrected chi connectivity index (χ1v) is 7.48. The Balaban J connectivity index is 3.75. The van der Waals surface area contributed by atoms with Crippen molar-refractivity contribution in [1.82, 2.24) is 0 Å². The second kappa shape index (κ2) is 8.20. The molecule has 0 aromatic rings. The van der Waals surface area contributed by atoms with E-state index >= 15 is 0 Å². The van der Waals surface area contributed by atoms with Crippen molar-refractivity contribution in [2.75, 3.05) is 33.9 Å². The highest BCUT2D eigenvalue weighted by Gasteiger charge is 2.31. The van der Waals surface area contributed by atoms with E-state index in [-0.39, 0.29) is 0 Å². The minimum absolute atomic E-state index is 0.432. The standard InChI is InChI=1S/C9H24N2O3Si/c1-12-15(3,13-2)14-7-5-9(8-11)4-6-10/h9H,4-8,10-11H2,1-3H3. The van der Waals surface area contributed by atoms with Crippen molar-refractivity contribution in [3.8, 4) is 0 Å². The lowest BCUT2D eigenvalue weighted by atomic mass is 10.0. The molecule has 1 unspecified atom stereocenters. The van der Waals surface area contributed by atoms with Gasteiger partial charge in [0.15, 0.2) is 0 Å². The lowest BCUT2D eigenvalue weighted by Crippen LogP contribution is -2.40. The van der Waals surface area contributed by atoms with Crippen molar-refractivity contribution in [1.29, 1.82) is 0 Å². The molecule has 0 fully saturated rings. The van der Waals surface area contributed by atoms with Crippen LogP contribution in [-0.2, 0) is 13.3 Å². The Kier molecular flexibility index (Phi) is 8.21. The van der Waals surface area contributed by atoms with E-state index in [2.05, 4.69) is 0 Å². The molecule has 5 nitrogen and oxygen atoms in total. The van der Waals surface area contributed by atoms with Gasteiger partial charge in [0, 0.05) is 27.4 Å². The van der Waals surface area contributed by atoms with E-state index in [0.717, 1.165) is 12.8 Å². The summed E-state index contributed by atoms with van der Waals surface area (Å²) in [5, 5.41) is 0. The molecular weight excluding hydrogens is 212 g/mol. The molecule has 0 spiro atoms. The summed E-state index contributed by atoms with van der Waals surface area (Å²) in [5.41, 5.74) is 11.1. The van der Waals surface area contributed by atoms with Gasteiger partial charge in [-0.3, -0.25) is 0 Å². The van der Waals surface area contributed by atoms with Gasteiger partial charge in [0.1, 0.15) is 0 Å². The van der Waals surface area contributed by atoms with Crippen LogP contribution in [0.15, 0.2) is 0 Å². The number of nitrogens with two attached hydrogens (primary N) is 2. The number of rotatable bonds is 9. The highest BCUT2D eigenvalue weighted by Crippen LogP contribution is 2.11. The van der Waals surface area contributed by atoms with Crippen molar-refractivity contribution in [2.24, 2.45) is 17.4 Å². The highest BCUT2D eigenvalue weighted by atomic mass is 28.4. The van der Waals surface area contributed by atoms with Crippen LogP contribution in [0.3, 0.4) is 0 Å². The topological polar surface area (TPSA) is 79.7 Å². The highest BCUT2D eigenvalue weighted by molar-refractivity contribution is 6.59. The number of hydrogen-bond donors (Lipinski definition) is 2. The second-order valence-corrected chi connectivity index (χ2v) is 6.42. The molecule has 0 saturated carbocycles. The van der Waals surface area contributed by atoms with Gasteiger partial charge in [0.25, 0.3) is 0 Å². The Morgan fingerprint density at radius 2 is 1.73 bits per heavy atom. The van der Waals surface area contributed by atoms with Gasteiger partial charge in [-0.2, -0.15) is 0 Å². The van der Waals surface area contributed by atoms with E-state index in [4.69, 9.17) is 24.7 Å². The average Bonchev–Trinajstić information content (AvgIpc) is 2.27. The maximum Gasteiger partial charge on any atom is 0.497 e. The summed E-state index contributed by atoms with van der Waals surface area (Å²) in [5.74, 6) is 0.432. The first kappa shape index (κ1) is 15.0. The maximum absolute atomic E-state index is 5.61. The Morgan fingerprint density at radius 1 is 1.13 bits per heavy atom. The van der Waals surface area contributed by atoms with Crippen molar-refractivity contribution in [2.45, 2.75) is 19.4 Å². The molecular formula is C9H24N2O3Si. The van der Waals surface area contributed by atoms with Gasteiger partial charge in [0.2, 0.25) is 0 Å². The van der Waals surface area contributed by atoms with Crippen LogP contribution in [0.2, 0.25) is 6.55 Å². The predicted molar refractivity (Wildman–Crippen MR) is 62.4 cm³/mol. The quantitative estimate of drug-likeness (QED) is 0.558. The Labute approximate surface area is 93.4 Å². The van der Waals surface area contributed by atoms with Crippen molar-refractivity contribution >= 4 is 8.80 Å². The van der Waals surface area contributed by atoms with Crippen LogP contribution in [0, 0.1) is 5.92 Å². The monoisotopic (exact) mass is 236 g/mol. The third kappa shape index (κ3) is 6.24. The molecule has 0 rings (SSSR count). The predicted octanol–water partition coefficient (Wildman–Crippen LogP) is 0.178. The molecule has 4 N–H and O–H groups in total. The minimum atomic E-state index is -2.37. The van der Waals surface area contributed by atoms with Gasteiger partial charge in [-0.25, -0.2) is 0 Å². The molecule has 0 saturated heterocycles. The van der Waals surface area contributed by atoms with E-state index in [9.17, 15) is 0 Å². The molecule has 1 atom stereocenters. The molecule has 0 bridgehead atoms. The van der Waals surface area contributed by atoms with Crippen LogP contribution < -0.4 is 11.5 Å². The smallest absolute Gasteiger partial charge is 0.377 e. The molecule has 0 amide bonds. The number of hydrogen-bond acceptors (Lipinski definition) is 5. The summed E-state index contributed by atoms with van der Waals surface area (Å²) in [4.78, 5) is 0. The first-order chi connectivity index (χ1) is 7.11. The summed E-state index contributed by atoms with van der Waals surface area (Å²) in [6.45, 7) is 3.81. The van der Waals surface area contributed by atoms with Crippen LogP contribution in [0.25, 0.3) is 0 Å². The zero-order valence-electron chi connectivity index (χ0n) is 9.99. The zero-order valence-corrected chi connectivity index (χ0v) is 11.0. The SMILES string of the molecule is CO[Si](C)(OC)OCCC(CN)CCN. The zero-order chi connectivity index (χ0) is 11.7. The molecule has 0 aromatic carbocycles. The summed E-state index contributed by atoms with van der Waals surface area (Å²) >= 11 is 0. The summed E-state index contributed by atoms with van der Waals surface area (Å²) in [6, 6.07) is 0. The van der Waals surface area contributed by atoms with Crippen LogP contribution in [0.1, 0.15) is 12.8 Å². The maximum atomic E-state index is 5.61. The third-order valence-electron chi connectivity index (χ3n) is 2.54. The average molecular weight is 236 g/mol. The molecule has 0 aliphatic heterocycles. The molecule has 6 heteroatoms. The van der Waals surface area contributed by atoms with Crippen LogP contribution in [0.5, 0.6) is 0 Å². The lowest BCUT2D eigenvalue weighted by Gasteiger charge is -2.23. The molecule has 92 valence electrons. The van der Waals surface area contributed by atoms with E-state index in [0.29, 0.717) is 25.6 Å². The fourth-order valence-corrected chi connectivity index (χ4v) is 2.12. The van der Waals surface area contributed by atoms with Gasteiger partial charge in [0.05, 0.1) is 0 Å². The third-order valence-corrected chi connectivity index (χ3v) is 4.75. The minimum Gasteiger partial charge on any atom is -0.377 e. The molecule has 0 radical (unpaired) electrons. The largest absolute Gasteiger partial charge is 0.497 e. The Hall–Kier alpha value is 0.0169. The van der Waals surface area contributed by atoms with Crippen LogP contribution in [0.4, 0.5) is 0 Å². The molecule has 0 aromatic heterocycles. The first-order valence-electron chi connectivity index (χ1n) is 5.26. The molecule has 0 aliphatic carbocycles. The summed E-state index contributed by atoms with van der Waals surface area (Å²) in [7, 11) is 0.842. The summed E-state index contributed by atoms with van der Waals surface area (Å²) < 4.78 is 16.0. The van der Waals surface area contributed by atoms with Gasteiger partial charge in [-0.15, -0.1) is 0 Å². The van der Waals surface area contributed by atoms with Crippen LogP contribution in [-0.4, -0.2) is 42.7 Å². The molecule has 0 aliphatic rings. The van der Waals surface area contributed by atoms with Crippen molar-refractivity contribution in [3.63, 3.8) is 0 Å². The van der Waals surface area contributed by atoms with Gasteiger partial charge >= 0.3 is 8.80 Å². The van der Waals surface area contributed by atoms with Crippen molar-refractivity contribution < 1.29 is 13.3 Å². The van der Waals surface area contributed by atoms with Crippen molar-refractivity contribution in [3.05, 3.63) is 0 Å². The van der Waals surface area contributed by atoms with Gasteiger partial charge in [-0.1, -0.05) is 0 Å².